The van der Waals surface area contributed by atoms with Crippen molar-refractivity contribution in [2.75, 3.05) is 0 Å². The van der Waals surface area contributed by atoms with Crippen LogP contribution < -0.4 is 0 Å². The molecule has 1 heterocycles. The van der Waals surface area contributed by atoms with Crippen LogP contribution in [0.25, 0.3) is 21.8 Å². The fourth-order valence-corrected chi connectivity index (χ4v) is 8.09. The standard InChI is InChI=1S/C46H77N/c1-5-9-13-17-21-25-29-39(30-26-22-18-14-10-6-2)41-33-35-43-44-36-34-42(38-46(44)47-45(43)37-41)40(31-27-23-19-15-11-7-3)32-28-24-20-16-12-8-4/h33-40,47H,5-32H2,1-4H3. The first-order valence-electron chi connectivity index (χ1n) is 21.3. The maximum Gasteiger partial charge on any atom is 0.0467 e. The first kappa shape index (κ1) is 39.7. The van der Waals surface area contributed by atoms with E-state index < -0.39 is 0 Å². The molecule has 0 aliphatic carbocycles. The Morgan fingerprint density at radius 1 is 0.362 bits per heavy atom. The summed E-state index contributed by atoms with van der Waals surface area (Å²) in [6.45, 7) is 9.29. The van der Waals surface area contributed by atoms with Crippen LogP contribution in [0.3, 0.4) is 0 Å². The summed E-state index contributed by atoms with van der Waals surface area (Å²) in [4.78, 5) is 3.93. The summed E-state index contributed by atoms with van der Waals surface area (Å²) >= 11 is 0. The Morgan fingerprint density at radius 2 is 0.638 bits per heavy atom. The molecular formula is C46H77N. The number of aromatic amines is 1. The van der Waals surface area contributed by atoms with E-state index in [1.807, 2.05) is 0 Å². The van der Waals surface area contributed by atoms with Gasteiger partial charge in [0.25, 0.3) is 0 Å². The quantitative estimate of drug-likeness (QED) is 0.0696. The van der Waals surface area contributed by atoms with Crippen molar-refractivity contribution in [1.82, 2.24) is 4.98 Å². The lowest BCUT2D eigenvalue weighted by Crippen LogP contribution is -2.00. The van der Waals surface area contributed by atoms with Crippen LogP contribution in [0.15, 0.2) is 36.4 Å². The van der Waals surface area contributed by atoms with Gasteiger partial charge in [0, 0.05) is 21.8 Å². The topological polar surface area (TPSA) is 15.8 Å². The zero-order valence-electron chi connectivity index (χ0n) is 31.9. The van der Waals surface area contributed by atoms with Gasteiger partial charge in [0.05, 0.1) is 0 Å². The molecule has 0 aliphatic rings. The van der Waals surface area contributed by atoms with Crippen LogP contribution in [-0.4, -0.2) is 4.98 Å². The van der Waals surface area contributed by atoms with Gasteiger partial charge in [0.15, 0.2) is 0 Å². The van der Waals surface area contributed by atoms with Crippen LogP contribution in [0.4, 0.5) is 0 Å². The number of hydrogen-bond acceptors (Lipinski definition) is 0. The second-order valence-corrected chi connectivity index (χ2v) is 15.4. The Hall–Kier alpha value is -1.76. The molecule has 0 amide bonds. The highest BCUT2D eigenvalue weighted by Crippen LogP contribution is 2.36. The number of rotatable bonds is 30. The minimum Gasteiger partial charge on any atom is -0.354 e. The van der Waals surface area contributed by atoms with E-state index in [0.717, 1.165) is 0 Å². The maximum absolute atomic E-state index is 3.93. The van der Waals surface area contributed by atoms with Crippen LogP contribution >= 0.6 is 0 Å². The van der Waals surface area contributed by atoms with Crippen molar-refractivity contribution in [1.29, 1.82) is 0 Å². The molecule has 0 atom stereocenters. The summed E-state index contributed by atoms with van der Waals surface area (Å²) in [5, 5.41) is 2.83. The molecule has 0 bridgehead atoms. The number of benzene rings is 2. The van der Waals surface area contributed by atoms with E-state index in [1.54, 1.807) is 11.1 Å². The summed E-state index contributed by atoms with van der Waals surface area (Å²) < 4.78 is 0. The van der Waals surface area contributed by atoms with Gasteiger partial charge in [-0.2, -0.15) is 0 Å². The summed E-state index contributed by atoms with van der Waals surface area (Å²) in [5.74, 6) is 1.41. The SMILES string of the molecule is CCCCCCCCC(CCCCCCCC)c1ccc2c(c1)[nH]c1cc(C(CCCCCCCC)CCCCCCCC)ccc12. The second kappa shape index (κ2) is 25.2. The van der Waals surface area contributed by atoms with E-state index in [2.05, 4.69) is 69.1 Å². The number of unbranched alkanes of at least 4 members (excludes halogenated alkanes) is 20. The summed E-state index contributed by atoms with van der Waals surface area (Å²) in [5.41, 5.74) is 5.87. The minimum absolute atomic E-state index is 0.706. The molecule has 0 saturated carbocycles. The molecule has 0 radical (unpaired) electrons. The third kappa shape index (κ3) is 15.1. The molecule has 3 rings (SSSR count). The van der Waals surface area contributed by atoms with Crippen LogP contribution in [0, 0.1) is 0 Å². The van der Waals surface area contributed by atoms with E-state index in [4.69, 9.17) is 0 Å². The summed E-state index contributed by atoms with van der Waals surface area (Å²) in [6, 6.07) is 15.0. The van der Waals surface area contributed by atoms with Gasteiger partial charge in [0.1, 0.15) is 0 Å². The minimum atomic E-state index is 0.706. The molecule has 3 aromatic rings. The lowest BCUT2D eigenvalue weighted by atomic mass is 9.87. The molecule has 1 nitrogen and oxygen atoms in total. The molecule has 1 aromatic heterocycles. The first-order valence-corrected chi connectivity index (χ1v) is 21.3. The van der Waals surface area contributed by atoms with Crippen molar-refractivity contribution >= 4 is 21.8 Å². The molecular weight excluding hydrogens is 567 g/mol. The average molecular weight is 644 g/mol. The predicted molar refractivity (Wildman–Crippen MR) is 213 cm³/mol. The van der Waals surface area contributed by atoms with Gasteiger partial charge in [-0.3, -0.25) is 0 Å². The monoisotopic (exact) mass is 644 g/mol. The van der Waals surface area contributed by atoms with E-state index in [9.17, 15) is 0 Å². The third-order valence-corrected chi connectivity index (χ3v) is 11.2. The molecule has 47 heavy (non-hydrogen) atoms. The van der Waals surface area contributed by atoms with Crippen molar-refractivity contribution in [2.24, 2.45) is 0 Å². The first-order chi connectivity index (χ1) is 23.2. The van der Waals surface area contributed by atoms with E-state index in [1.165, 1.54) is 202 Å². The molecule has 1 heteroatoms. The highest BCUT2D eigenvalue weighted by Gasteiger charge is 2.16. The van der Waals surface area contributed by atoms with Gasteiger partial charge in [-0.1, -0.05) is 206 Å². The lowest BCUT2D eigenvalue weighted by Gasteiger charge is -2.18. The van der Waals surface area contributed by atoms with Crippen molar-refractivity contribution < 1.29 is 0 Å². The fourth-order valence-electron chi connectivity index (χ4n) is 8.09. The molecule has 266 valence electrons. The number of nitrogens with one attached hydrogen (secondary N) is 1. The Morgan fingerprint density at radius 3 is 0.936 bits per heavy atom. The van der Waals surface area contributed by atoms with Crippen LogP contribution in [-0.2, 0) is 0 Å². The molecule has 0 saturated heterocycles. The number of fused-ring (bicyclic) bond motifs is 3. The summed E-state index contributed by atoms with van der Waals surface area (Å²) in [7, 11) is 0. The van der Waals surface area contributed by atoms with Gasteiger partial charge in [-0.15, -0.1) is 0 Å². The molecule has 1 N–H and O–H groups in total. The Kier molecular flexibility index (Phi) is 21.3. The molecule has 0 unspecified atom stereocenters. The summed E-state index contributed by atoms with van der Waals surface area (Å²) in [6.07, 6.45) is 38.9. The zero-order chi connectivity index (χ0) is 33.4. The van der Waals surface area contributed by atoms with E-state index in [-0.39, 0.29) is 0 Å². The molecule has 0 aliphatic heterocycles. The van der Waals surface area contributed by atoms with Gasteiger partial charge in [-0.25, -0.2) is 0 Å². The molecule has 2 aromatic carbocycles. The molecule has 0 spiro atoms. The average Bonchev–Trinajstić information content (AvgIpc) is 3.46. The lowest BCUT2D eigenvalue weighted by molar-refractivity contribution is 0.487. The number of hydrogen-bond donors (Lipinski definition) is 1. The third-order valence-electron chi connectivity index (χ3n) is 11.2. The normalized spacial score (nSPS) is 12.0. The fraction of sp³-hybridized carbons (Fsp3) is 0.739. The number of H-pyrrole nitrogens is 1. The smallest absolute Gasteiger partial charge is 0.0467 e. The predicted octanol–water partition coefficient (Wildman–Crippen LogP) is 16.5. The highest BCUT2D eigenvalue weighted by molar-refractivity contribution is 6.07. The maximum atomic E-state index is 3.93. The van der Waals surface area contributed by atoms with Gasteiger partial charge < -0.3 is 4.98 Å². The van der Waals surface area contributed by atoms with Crippen LogP contribution in [0.1, 0.15) is 230 Å². The second-order valence-electron chi connectivity index (χ2n) is 15.4. The van der Waals surface area contributed by atoms with Gasteiger partial charge in [-0.05, 0) is 60.8 Å². The van der Waals surface area contributed by atoms with Crippen molar-refractivity contribution in [3.63, 3.8) is 0 Å². The Balaban J connectivity index is 1.72. The van der Waals surface area contributed by atoms with E-state index in [0.29, 0.717) is 11.8 Å². The largest absolute Gasteiger partial charge is 0.354 e. The van der Waals surface area contributed by atoms with Gasteiger partial charge >= 0.3 is 0 Å². The Bertz CT molecular complexity index is 1050. The van der Waals surface area contributed by atoms with Crippen LogP contribution in [0.5, 0.6) is 0 Å². The van der Waals surface area contributed by atoms with Crippen LogP contribution in [0.2, 0.25) is 0 Å². The van der Waals surface area contributed by atoms with E-state index >= 15 is 0 Å². The molecule has 0 fully saturated rings. The number of aromatic nitrogens is 1. The van der Waals surface area contributed by atoms with Crippen molar-refractivity contribution in [3.05, 3.63) is 47.5 Å². The zero-order valence-corrected chi connectivity index (χ0v) is 31.9. The highest BCUT2D eigenvalue weighted by atomic mass is 14.7. The Labute approximate surface area is 292 Å². The van der Waals surface area contributed by atoms with Crippen molar-refractivity contribution in [2.45, 2.75) is 219 Å². The van der Waals surface area contributed by atoms with Crippen molar-refractivity contribution in [3.8, 4) is 0 Å². The van der Waals surface area contributed by atoms with Gasteiger partial charge in [0.2, 0.25) is 0 Å².